The zero-order valence-corrected chi connectivity index (χ0v) is 34.0. The number of cyclic esters (lactones) is 2. The Labute approximate surface area is 320 Å². The van der Waals surface area contributed by atoms with Gasteiger partial charge in [-0.3, -0.25) is 9.59 Å². The van der Waals surface area contributed by atoms with E-state index in [0.717, 1.165) is 89.2 Å². The van der Waals surface area contributed by atoms with Gasteiger partial charge in [0, 0.05) is 6.61 Å². The molecule has 2 atom stereocenters. The number of unbranched alkanes of at least 4 members (excludes halogenated alkanes) is 5. The summed E-state index contributed by atoms with van der Waals surface area (Å²) in [5, 5.41) is 0. The van der Waals surface area contributed by atoms with Crippen molar-refractivity contribution in [3.8, 4) is 0 Å². The van der Waals surface area contributed by atoms with E-state index in [4.69, 9.17) is 14.2 Å². The van der Waals surface area contributed by atoms with Crippen LogP contribution in [-0.4, -0.2) is 62.4 Å². The van der Waals surface area contributed by atoms with Gasteiger partial charge in [-0.25, -0.2) is 0 Å². The Kier molecular flexibility index (Phi) is 28.7. The quantitative estimate of drug-likeness (QED) is 0.101. The second-order valence-electron chi connectivity index (χ2n) is 15.7. The fourth-order valence-corrected chi connectivity index (χ4v) is 7.93. The monoisotopic (exact) mass is 726 g/mol. The number of hydrogen-bond acceptors (Lipinski definition) is 6. The summed E-state index contributed by atoms with van der Waals surface area (Å²) in [6.45, 7) is 13.7. The minimum atomic E-state index is -0.151. The summed E-state index contributed by atoms with van der Waals surface area (Å²) in [4.78, 5) is 29.0. The molecule has 0 spiro atoms. The van der Waals surface area contributed by atoms with Gasteiger partial charge in [-0.05, 0) is 114 Å². The molecule has 2 fully saturated rings. The van der Waals surface area contributed by atoms with Crippen molar-refractivity contribution in [1.82, 2.24) is 4.90 Å². The van der Waals surface area contributed by atoms with Gasteiger partial charge < -0.3 is 19.1 Å². The summed E-state index contributed by atoms with van der Waals surface area (Å²) in [6, 6.07) is 0. The van der Waals surface area contributed by atoms with Gasteiger partial charge in [-0.1, -0.05) is 128 Å². The van der Waals surface area contributed by atoms with Gasteiger partial charge >= 0.3 is 11.9 Å². The van der Waals surface area contributed by atoms with Crippen molar-refractivity contribution in [2.75, 3.05) is 39.5 Å². The van der Waals surface area contributed by atoms with E-state index in [1.54, 1.807) is 0 Å². The van der Waals surface area contributed by atoms with Crippen molar-refractivity contribution in [1.29, 1.82) is 0 Å². The molecular formula is C46H79NO5. The first-order chi connectivity index (χ1) is 25.6. The third kappa shape index (κ3) is 23.6. The second kappa shape index (κ2) is 32.4. The number of esters is 2. The van der Waals surface area contributed by atoms with Gasteiger partial charge in [0.15, 0.2) is 0 Å². The topological polar surface area (TPSA) is 65.1 Å². The van der Waals surface area contributed by atoms with Crippen LogP contribution < -0.4 is 0 Å². The van der Waals surface area contributed by atoms with Gasteiger partial charge in [-0.15, -0.1) is 0 Å². The maximum absolute atomic E-state index is 13.2. The lowest BCUT2D eigenvalue weighted by atomic mass is 9.79. The van der Waals surface area contributed by atoms with Crippen LogP contribution in [-0.2, 0) is 23.8 Å². The Morgan fingerprint density at radius 3 is 1.65 bits per heavy atom. The lowest BCUT2D eigenvalue weighted by molar-refractivity contribution is -0.145. The van der Waals surface area contributed by atoms with Crippen LogP contribution in [0.1, 0.15) is 194 Å². The molecule has 0 N–H and O–H groups in total. The molecule has 2 saturated heterocycles. The molecular weight excluding hydrogens is 647 g/mol. The van der Waals surface area contributed by atoms with Crippen LogP contribution in [0, 0.1) is 11.8 Å². The molecule has 0 aliphatic carbocycles. The first kappa shape index (κ1) is 46.1. The SMILES string of the molecule is C=C=C=C=C1C(CCCCC)CC(=O)OCCCCCCCCC(OCCCCN2CCCC2)CCCCCCCCOC(=O)CC1CCCCC. The molecule has 2 unspecified atom stereocenters. The van der Waals surface area contributed by atoms with E-state index in [1.807, 2.05) is 0 Å². The molecule has 0 aromatic rings. The highest BCUT2D eigenvalue weighted by molar-refractivity contribution is 5.71. The normalized spacial score (nSPS) is 23.6. The maximum Gasteiger partial charge on any atom is 0.306 e. The molecule has 6 nitrogen and oxygen atoms in total. The van der Waals surface area contributed by atoms with E-state index in [1.165, 1.54) is 110 Å². The van der Waals surface area contributed by atoms with E-state index in [-0.39, 0.29) is 23.8 Å². The van der Waals surface area contributed by atoms with Crippen LogP contribution in [0.4, 0.5) is 0 Å². The molecule has 0 saturated carbocycles. The van der Waals surface area contributed by atoms with Crippen molar-refractivity contribution in [3.05, 3.63) is 29.3 Å². The zero-order chi connectivity index (χ0) is 37.3. The molecule has 2 rings (SSSR count). The fraction of sp³-hybridized carbons (Fsp3) is 0.848. The first-order valence-corrected chi connectivity index (χ1v) is 22.1. The second-order valence-corrected chi connectivity index (χ2v) is 15.7. The Bertz CT molecular complexity index is 979. The molecule has 2 aliphatic rings. The van der Waals surface area contributed by atoms with Crippen LogP contribution in [0.5, 0.6) is 0 Å². The van der Waals surface area contributed by atoms with Crippen molar-refractivity contribution in [3.63, 3.8) is 0 Å². The number of likely N-dealkylation sites (tertiary alicyclic amines) is 1. The van der Waals surface area contributed by atoms with Gasteiger partial charge in [0.05, 0.1) is 32.2 Å². The van der Waals surface area contributed by atoms with E-state index >= 15 is 0 Å². The standard InChI is InChI=1S/C46H79NO5/c1-4-7-18-28-41-39-45(48)51-37-25-16-12-10-14-20-30-43(50-36-27-24-35-47-33-22-23-34-47)31-21-15-11-13-17-26-38-52-46(49)40-42(29-19-8-5-2)44(41)32-9-6-3/h41-43H,3-5,7-8,10-31,33-40H2,1-2H3. The van der Waals surface area contributed by atoms with E-state index < -0.39 is 0 Å². The summed E-state index contributed by atoms with van der Waals surface area (Å²) in [5.41, 5.74) is 10.0. The van der Waals surface area contributed by atoms with Crippen LogP contribution in [0.15, 0.2) is 29.3 Å². The van der Waals surface area contributed by atoms with E-state index in [9.17, 15) is 9.59 Å². The lowest BCUT2D eigenvalue weighted by Crippen LogP contribution is -2.22. The number of carbonyl (C=O) groups is 2. The molecule has 2 heterocycles. The highest BCUT2D eigenvalue weighted by atomic mass is 16.5. The number of nitrogens with zero attached hydrogens (tertiary/aromatic N) is 1. The van der Waals surface area contributed by atoms with E-state index in [2.05, 4.69) is 42.5 Å². The lowest BCUT2D eigenvalue weighted by Gasteiger charge is -2.25. The van der Waals surface area contributed by atoms with Gasteiger partial charge in [0.2, 0.25) is 0 Å². The Balaban J connectivity index is 2.00. The minimum absolute atomic E-state index is 0.0411. The van der Waals surface area contributed by atoms with E-state index in [0.29, 0.717) is 32.2 Å². The number of allylic oxidation sites excluding steroid dienone is 1. The summed E-state index contributed by atoms with van der Waals surface area (Å²) in [5.74, 6) is -0.384. The van der Waals surface area contributed by atoms with Gasteiger partial charge in [-0.2, -0.15) is 0 Å². The number of ether oxygens (including phenoxy) is 3. The molecule has 0 aromatic heterocycles. The molecule has 0 bridgehead atoms. The third-order valence-corrected chi connectivity index (χ3v) is 11.1. The molecule has 298 valence electrons. The smallest absolute Gasteiger partial charge is 0.306 e. The highest BCUT2D eigenvalue weighted by Gasteiger charge is 2.28. The fourth-order valence-electron chi connectivity index (χ4n) is 7.93. The minimum Gasteiger partial charge on any atom is -0.466 e. The molecule has 52 heavy (non-hydrogen) atoms. The summed E-state index contributed by atoms with van der Waals surface area (Å²) in [6.07, 6.45) is 30.5. The number of rotatable bonds is 14. The average Bonchev–Trinajstić information content (AvgIpc) is 3.66. The largest absolute Gasteiger partial charge is 0.466 e. The van der Waals surface area contributed by atoms with Crippen LogP contribution >= 0.6 is 0 Å². The molecule has 6 heteroatoms. The zero-order valence-electron chi connectivity index (χ0n) is 34.0. The molecule has 2 aliphatic heterocycles. The van der Waals surface area contributed by atoms with Crippen molar-refractivity contribution < 1.29 is 23.8 Å². The predicted molar refractivity (Wildman–Crippen MR) is 215 cm³/mol. The van der Waals surface area contributed by atoms with Crippen molar-refractivity contribution in [2.45, 2.75) is 200 Å². The summed E-state index contributed by atoms with van der Waals surface area (Å²) < 4.78 is 18.1. The van der Waals surface area contributed by atoms with Crippen molar-refractivity contribution in [2.24, 2.45) is 11.8 Å². The predicted octanol–water partition coefficient (Wildman–Crippen LogP) is 12.0. The Hall–Kier alpha value is -2.06. The first-order valence-electron chi connectivity index (χ1n) is 22.1. The van der Waals surface area contributed by atoms with Gasteiger partial charge in [0.1, 0.15) is 0 Å². The molecule has 0 amide bonds. The molecule has 0 aromatic carbocycles. The van der Waals surface area contributed by atoms with Crippen LogP contribution in [0.2, 0.25) is 0 Å². The summed E-state index contributed by atoms with van der Waals surface area (Å²) in [7, 11) is 0. The Morgan fingerprint density at radius 1 is 0.654 bits per heavy atom. The number of carbonyl (C=O) groups excluding carboxylic acids is 2. The Morgan fingerprint density at radius 2 is 1.15 bits per heavy atom. The average molecular weight is 726 g/mol. The van der Waals surface area contributed by atoms with Crippen molar-refractivity contribution >= 4 is 11.9 Å². The summed E-state index contributed by atoms with van der Waals surface area (Å²) >= 11 is 0. The molecule has 0 radical (unpaired) electrons. The van der Waals surface area contributed by atoms with Crippen LogP contribution in [0.3, 0.4) is 0 Å². The third-order valence-electron chi connectivity index (χ3n) is 11.1. The van der Waals surface area contributed by atoms with Crippen LogP contribution in [0.25, 0.3) is 0 Å². The highest BCUT2D eigenvalue weighted by Crippen LogP contribution is 2.33. The van der Waals surface area contributed by atoms with Gasteiger partial charge in [0.25, 0.3) is 0 Å². The maximum atomic E-state index is 13.2. The number of hydrogen-bond donors (Lipinski definition) is 0.